The fourth-order valence-corrected chi connectivity index (χ4v) is 4.48. The predicted molar refractivity (Wildman–Crippen MR) is 51.9 cm³/mol. The fraction of sp³-hybridized carbons (Fsp3) is 0.909. The molecule has 4 bridgehead atoms. The quantitative estimate of drug-likeness (QED) is 0.662. The summed E-state index contributed by atoms with van der Waals surface area (Å²) in [5.74, 6) is -0.00391. The third-order valence-corrected chi connectivity index (χ3v) is 5.77. The van der Waals surface area contributed by atoms with Gasteiger partial charge in [-0.25, -0.2) is 0 Å². The highest BCUT2D eigenvalue weighted by molar-refractivity contribution is 5.82. The van der Waals surface area contributed by atoms with Crippen LogP contribution < -0.4 is 5.32 Å². The van der Waals surface area contributed by atoms with Crippen LogP contribution in [0.1, 0.15) is 33.1 Å². The van der Waals surface area contributed by atoms with Crippen LogP contribution in [-0.2, 0) is 4.79 Å². The number of carboxylic acid groups (broad SMARTS) is 1. The molecule has 2 N–H and O–H groups in total. The molecule has 3 aliphatic rings. The van der Waals surface area contributed by atoms with Crippen molar-refractivity contribution >= 4 is 5.97 Å². The second-order valence-electron chi connectivity index (χ2n) is 5.75. The summed E-state index contributed by atoms with van der Waals surface area (Å²) in [7, 11) is 0. The summed E-state index contributed by atoms with van der Waals surface area (Å²) in [5, 5.41) is 12.7. The first-order valence-corrected chi connectivity index (χ1v) is 5.45. The molecule has 3 heteroatoms. The fourth-order valence-electron chi connectivity index (χ4n) is 4.48. The van der Waals surface area contributed by atoms with Gasteiger partial charge in [-0.05, 0) is 30.6 Å². The summed E-state index contributed by atoms with van der Waals surface area (Å²) in [6.07, 6.45) is 3.15. The molecular formula is C11H17NO2. The Hall–Kier alpha value is -0.570. The van der Waals surface area contributed by atoms with Gasteiger partial charge in [-0.15, -0.1) is 0 Å². The summed E-state index contributed by atoms with van der Waals surface area (Å²) in [5.41, 5.74) is -0.396. The molecule has 3 rings (SSSR count). The number of carboxylic acids is 1. The zero-order chi connectivity index (χ0) is 10.2. The Morgan fingerprint density at radius 2 is 2.21 bits per heavy atom. The molecule has 3 nitrogen and oxygen atoms in total. The highest BCUT2D eigenvalue weighted by Gasteiger charge is 2.77. The maximum atomic E-state index is 11.5. The molecule has 0 radical (unpaired) electrons. The molecule has 0 aromatic carbocycles. The van der Waals surface area contributed by atoms with Crippen LogP contribution in [-0.4, -0.2) is 23.2 Å². The van der Waals surface area contributed by atoms with Crippen molar-refractivity contribution in [3.05, 3.63) is 0 Å². The van der Waals surface area contributed by atoms with Gasteiger partial charge >= 0.3 is 5.97 Å². The van der Waals surface area contributed by atoms with Crippen molar-refractivity contribution in [2.75, 3.05) is 6.54 Å². The van der Waals surface area contributed by atoms with E-state index in [4.69, 9.17) is 0 Å². The van der Waals surface area contributed by atoms with E-state index in [0.29, 0.717) is 5.92 Å². The van der Waals surface area contributed by atoms with Crippen molar-refractivity contribution in [3.63, 3.8) is 0 Å². The number of rotatable bonds is 1. The molecule has 2 aliphatic carbocycles. The van der Waals surface area contributed by atoms with Crippen LogP contribution in [0, 0.1) is 16.7 Å². The number of aliphatic carboxylic acids is 1. The minimum atomic E-state index is -0.633. The lowest BCUT2D eigenvalue weighted by molar-refractivity contribution is -0.149. The number of hydrogen-bond donors (Lipinski definition) is 2. The summed E-state index contributed by atoms with van der Waals surface area (Å²) in [6.45, 7) is 5.34. The van der Waals surface area contributed by atoms with Crippen LogP contribution in [0.5, 0.6) is 0 Å². The molecule has 1 saturated heterocycles. The van der Waals surface area contributed by atoms with Crippen LogP contribution in [0.2, 0.25) is 0 Å². The Bertz CT molecular complexity index is 329. The summed E-state index contributed by atoms with van der Waals surface area (Å²) in [4.78, 5) is 11.5. The van der Waals surface area contributed by atoms with E-state index in [1.807, 2.05) is 0 Å². The summed E-state index contributed by atoms with van der Waals surface area (Å²) >= 11 is 0. The average molecular weight is 195 g/mol. The van der Waals surface area contributed by atoms with E-state index < -0.39 is 11.5 Å². The molecule has 78 valence electrons. The third-order valence-electron chi connectivity index (χ3n) is 5.77. The van der Waals surface area contributed by atoms with Crippen molar-refractivity contribution < 1.29 is 9.90 Å². The number of carbonyl (C=O) groups is 1. The Kier molecular flexibility index (Phi) is 1.25. The largest absolute Gasteiger partial charge is 0.480 e. The monoisotopic (exact) mass is 195 g/mol. The van der Waals surface area contributed by atoms with Gasteiger partial charge in [0, 0.05) is 12.0 Å². The first kappa shape index (κ1) is 8.72. The maximum Gasteiger partial charge on any atom is 0.324 e. The number of piperidine rings is 1. The lowest BCUT2D eigenvalue weighted by Gasteiger charge is -2.39. The van der Waals surface area contributed by atoms with Crippen LogP contribution in [0.15, 0.2) is 0 Å². The van der Waals surface area contributed by atoms with Crippen LogP contribution in [0.4, 0.5) is 0 Å². The van der Waals surface area contributed by atoms with Gasteiger partial charge in [0.2, 0.25) is 0 Å². The van der Waals surface area contributed by atoms with Gasteiger partial charge in [-0.3, -0.25) is 4.79 Å². The third kappa shape index (κ3) is 0.553. The van der Waals surface area contributed by atoms with E-state index in [0.717, 1.165) is 19.4 Å². The molecule has 1 heterocycles. The molecule has 14 heavy (non-hydrogen) atoms. The molecule has 0 spiro atoms. The lowest BCUT2D eigenvalue weighted by atomic mass is 9.66. The normalized spacial score (nSPS) is 59.4. The van der Waals surface area contributed by atoms with E-state index in [1.54, 1.807) is 0 Å². The molecule has 0 aromatic heterocycles. The van der Waals surface area contributed by atoms with E-state index in [2.05, 4.69) is 19.2 Å². The van der Waals surface area contributed by atoms with Crippen LogP contribution in [0.25, 0.3) is 0 Å². The topological polar surface area (TPSA) is 49.3 Å². The predicted octanol–water partition coefficient (Wildman–Crippen LogP) is 1.24. The molecule has 1 aliphatic heterocycles. The standard InChI is InChI=1S/C11H17NO2/c1-9-6-12-11(8(13)14)5-7(9)3-4-10(9,11)2/h7,12H,3-6H2,1-2H3,(H,13,14)/t7-,9-,10+,11+/m0/s1. The van der Waals surface area contributed by atoms with Crippen molar-refractivity contribution in [1.82, 2.24) is 5.32 Å². The lowest BCUT2D eigenvalue weighted by Crippen LogP contribution is -2.57. The van der Waals surface area contributed by atoms with Crippen molar-refractivity contribution in [2.45, 2.75) is 38.6 Å². The molecule has 3 fully saturated rings. The van der Waals surface area contributed by atoms with E-state index in [-0.39, 0.29) is 10.8 Å². The zero-order valence-electron chi connectivity index (χ0n) is 8.76. The average Bonchev–Trinajstić information content (AvgIpc) is 2.58. The molecule has 0 unspecified atom stereocenters. The number of nitrogens with one attached hydrogen (secondary N) is 1. The minimum Gasteiger partial charge on any atom is -0.480 e. The van der Waals surface area contributed by atoms with Crippen molar-refractivity contribution in [1.29, 1.82) is 0 Å². The molecular weight excluding hydrogens is 178 g/mol. The van der Waals surface area contributed by atoms with Gasteiger partial charge in [0.05, 0.1) is 0 Å². The Labute approximate surface area is 83.9 Å². The van der Waals surface area contributed by atoms with Gasteiger partial charge in [0.1, 0.15) is 5.54 Å². The number of hydrogen-bond acceptors (Lipinski definition) is 2. The first-order valence-electron chi connectivity index (χ1n) is 5.45. The van der Waals surface area contributed by atoms with Gasteiger partial charge in [0.25, 0.3) is 0 Å². The van der Waals surface area contributed by atoms with Gasteiger partial charge < -0.3 is 10.4 Å². The minimum absolute atomic E-state index is 0.0174. The van der Waals surface area contributed by atoms with Crippen LogP contribution in [0.3, 0.4) is 0 Å². The Morgan fingerprint density at radius 1 is 1.50 bits per heavy atom. The molecule has 4 atom stereocenters. The first-order chi connectivity index (χ1) is 6.46. The summed E-state index contributed by atoms with van der Waals surface area (Å²) in [6, 6.07) is 0. The zero-order valence-corrected chi connectivity index (χ0v) is 8.76. The second-order valence-corrected chi connectivity index (χ2v) is 5.75. The highest BCUT2D eigenvalue weighted by atomic mass is 16.4. The van der Waals surface area contributed by atoms with Crippen LogP contribution >= 0.6 is 0 Å². The Balaban J connectivity index is 2.18. The van der Waals surface area contributed by atoms with E-state index in [1.165, 1.54) is 6.42 Å². The Morgan fingerprint density at radius 3 is 2.64 bits per heavy atom. The van der Waals surface area contributed by atoms with Gasteiger partial charge in [-0.2, -0.15) is 0 Å². The molecule has 0 amide bonds. The van der Waals surface area contributed by atoms with E-state index >= 15 is 0 Å². The summed E-state index contributed by atoms with van der Waals surface area (Å²) < 4.78 is 0. The van der Waals surface area contributed by atoms with Crippen molar-refractivity contribution in [3.8, 4) is 0 Å². The van der Waals surface area contributed by atoms with Gasteiger partial charge in [-0.1, -0.05) is 13.8 Å². The highest BCUT2D eigenvalue weighted by Crippen LogP contribution is 2.72. The molecule has 0 aromatic rings. The van der Waals surface area contributed by atoms with E-state index in [9.17, 15) is 9.90 Å². The van der Waals surface area contributed by atoms with Gasteiger partial charge in [0.15, 0.2) is 0 Å². The second kappa shape index (κ2) is 2.01. The molecule has 2 saturated carbocycles. The SMILES string of the molecule is C[C@]12CC[C@H]3C[C@]1(C(=O)O)NC[C@@]32C. The van der Waals surface area contributed by atoms with Crippen molar-refractivity contribution in [2.24, 2.45) is 16.7 Å². The smallest absolute Gasteiger partial charge is 0.324 e. The maximum absolute atomic E-state index is 11.5.